The van der Waals surface area contributed by atoms with Gasteiger partial charge in [-0.2, -0.15) is 13.2 Å². The summed E-state index contributed by atoms with van der Waals surface area (Å²) in [5.41, 5.74) is -0.467. The van der Waals surface area contributed by atoms with E-state index in [1.54, 1.807) is 18.2 Å². The lowest BCUT2D eigenvalue weighted by atomic mass is 10.0. The number of carbonyl (C=O) groups excluding carboxylic acids is 1. The number of rotatable bonds is 9. The van der Waals surface area contributed by atoms with Crippen LogP contribution < -0.4 is 14.8 Å². The van der Waals surface area contributed by atoms with Gasteiger partial charge in [0, 0.05) is 18.3 Å². The van der Waals surface area contributed by atoms with E-state index >= 15 is 0 Å². The van der Waals surface area contributed by atoms with Crippen molar-refractivity contribution in [1.29, 1.82) is 0 Å². The van der Waals surface area contributed by atoms with Crippen molar-refractivity contribution in [1.82, 2.24) is 9.80 Å². The van der Waals surface area contributed by atoms with E-state index in [1.807, 2.05) is 0 Å². The van der Waals surface area contributed by atoms with E-state index in [9.17, 15) is 18.0 Å². The first-order valence-corrected chi connectivity index (χ1v) is 11.9. The first-order valence-electron chi connectivity index (χ1n) is 11.1. The number of ether oxygens (including phenoxy) is 2. The highest BCUT2D eigenvalue weighted by Gasteiger charge is 2.31. The van der Waals surface area contributed by atoms with Crippen LogP contribution in [0.1, 0.15) is 18.4 Å². The predicted molar refractivity (Wildman–Crippen MR) is 131 cm³/mol. The van der Waals surface area contributed by atoms with Crippen molar-refractivity contribution in [3.63, 3.8) is 0 Å². The Morgan fingerprint density at radius 2 is 1.69 bits per heavy atom. The maximum Gasteiger partial charge on any atom is 0.416 e. The normalized spacial score (nSPS) is 15.3. The number of amides is 1. The Morgan fingerprint density at radius 1 is 1.06 bits per heavy atom. The lowest BCUT2D eigenvalue weighted by Gasteiger charge is -2.35. The zero-order chi connectivity index (χ0) is 25.6. The summed E-state index contributed by atoms with van der Waals surface area (Å²) in [5.74, 6) is -0.0324. The van der Waals surface area contributed by atoms with E-state index in [1.165, 1.54) is 0 Å². The SMILES string of the molecule is CN(C)C1CCN(CCOc2ccc(NC(=O)COc3ccc(C(F)(F)F)cc3Cl)cc2Cl)CC1. The summed E-state index contributed by atoms with van der Waals surface area (Å²) in [4.78, 5) is 16.8. The van der Waals surface area contributed by atoms with Crippen LogP contribution in [0.4, 0.5) is 18.9 Å². The molecule has 1 N–H and O–H groups in total. The van der Waals surface area contributed by atoms with E-state index in [0.29, 0.717) is 29.1 Å². The molecule has 3 rings (SSSR count). The van der Waals surface area contributed by atoms with E-state index in [0.717, 1.165) is 50.7 Å². The molecule has 1 amide bonds. The van der Waals surface area contributed by atoms with Crippen molar-refractivity contribution in [2.45, 2.75) is 25.1 Å². The maximum absolute atomic E-state index is 12.7. The number of hydrogen-bond donors (Lipinski definition) is 1. The van der Waals surface area contributed by atoms with Gasteiger partial charge < -0.3 is 19.7 Å². The van der Waals surface area contributed by atoms with E-state index in [-0.39, 0.29) is 10.8 Å². The number of alkyl halides is 3. The van der Waals surface area contributed by atoms with Gasteiger partial charge in [-0.05, 0) is 76.4 Å². The van der Waals surface area contributed by atoms with Crippen LogP contribution in [0, 0.1) is 0 Å². The summed E-state index contributed by atoms with van der Waals surface area (Å²) in [6.45, 7) is 2.93. The second-order valence-electron chi connectivity index (χ2n) is 8.51. The fourth-order valence-corrected chi connectivity index (χ4v) is 4.24. The summed E-state index contributed by atoms with van der Waals surface area (Å²) in [7, 11) is 4.22. The highest BCUT2D eigenvalue weighted by molar-refractivity contribution is 6.32. The monoisotopic (exact) mass is 533 g/mol. The van der Waals surface area contributed by atoms with Gasteiger partial charge in [0.25, 0.3) is 5.91 Å². The van der Waals surface area contributed by atoms with Crippen molar-refractivity contribution < 1.29 is 27.4 Å². The maximum atomic E-state index is 12.7. The number of benzene rings is 2. The summed E-state index contributed by atoms with van der Waals surface area (Å²) < 4.78 is 49.2. The van der Waals surface area contributed by atoms with Crippen molar-refractivity contribution in [3.05, 3.63) is 52.0 Å². The van der Waals surface area contributed by atoms with Crippen LogP contribution >= 0.6 is 23.2 Å². The van der Waals surface area contributed by atoms with Crippen LogP contribution in [0.5, 0.6) is 11.5 Å². The second kappa shape index (κ2) is 12.2. The Morgan fingerprint density at radius 3 is 2.29 bits per heavy atom. The first-order chi connectivity index (χ1) is 16.5. The van der Waals surface area contributed by atoms with Crippen molar-refractivity contribution in [2.75, 3.05) is 52.3 Å². The van der Waals surface area contributed by atoms with Crippen LogP contribution in [0.25, 0.3) is 0 Å². The molecule has 192 valence electrons. The lowest BCUT2D eigenvalue weighted by Crippen LogP contribution is -2.43. The molecule has 0 unspecified atom stereocenters. The lowest BCUT2D eigenvalue weighted by molar-refractivity contribution is -0.137. The largest absolute Gasteiger partial charge is 0.491 e. The van der Waals surface area contributed by atoms with Crippen LogP contribution in [0.3, 0.4) is 0 Å². The van der Waals surface area contributed by atoms with Crippen molar-refractivity contribution in [3.8, 4) is 11.5 Å². The van der Waals surface area contributed by atoms with Gasteiger partial charge in [-0.25, -0.2) is 0 Å². The van der Waals surface area contributed by atoms with Gasteiger partial charge in [0.2, 0.25) is 0 Å². The molecule has 1 aliphatic heterocycles. The number of likely N-dealkylation sites (tertiary alicyclic amines) is 1. The molecular formula is C24H28Cl2F3N3O3. The van der Waals surface area contributed by atoms with E-state index < -0.39 is 24.3 Å². The summed E-state index contributed by atoms with van der Waals surface area (Å²) in [5, 5.41) is 2.73. The Kier molecular flexibility index (Phi) is 9.52. The molecule has 1 fully saturated rings. The third-order valence-electron chi connectivity index (χ3n) is 5.79. The van der Waals surface area contributed by atoms with Crippen molar-refractivity contribution >= 4 is 34.8 Å². The number of carbonyl (C=O) groups is 1. The highest BCUT2D eigenvalue weighted by atomic mass is 35.5. The molecule has 1 heterocycles. The van der Waals surface area contributed by atoms with Gasteiger partial charge in [-0.15, -0.1) is 0 Å². The fraction of sp³-hybridized carbons (Fsp3) is 0.458. The molecule has 6 nitrogen and oxygen atoms in total. The minimum Gasteiger partial charge on any atom is -0.491 e. The first kappa shape index (κ1) is 27.4. The van der Waals surface area contributed by atoms with E-state index in [2.05, 4.69) is 29.2 Å². The number of piperidine rings is 1. The van der Waals surface area contributed by atoms with Crippen LogP contribution in [-0.4, -0.2) is 68.7 Å². The van der Waals surface area contributed by atoms with Gasteiger partial charge in [-0.1, -0.05) is 23.2 Å². The molecular weight excluding hydrogens is 506 g/mol. The summed E-state index contributed by atoms with van der Waals surface area (Å²) in [6, 6.07) is 8.16. The van der Waals surface area contributed by atoms with Gasteiger partial charge in [0.15, 0.2) is 6.61 Å². The van der Waals surface area contributed by atoms with Gasteiger partial charge in [0.1, 0.15) is 18.1 Å². The van der Waals surface area contributed by atoms with Crippen LogP contribution in [0.15, 0.2) is 36.4 Å². The number of anilines is 1. The molecule has 0 atom stereocenters. The zero-order valence-corrected chi connectivity index (χ0v) is 21.0. The number of halogens is 5. The number of nitrogens with zero attached hydrogens (tertiary/aromatic N) is 2. The Labute approximate surface area is 212 Å². The molecule has 0 aliphatic carbocycles. The quantitative estimate of drug-likeness (QED) is 0.465. The molecule has 0 aromatic heterocycles. The molecule has 1 saturated heterocycles. The highest BCUT2D eigenvalue weighted by Crippen LogP contribution is 2.34. The van der Waals surface area contributed by atoms with Gasteiger partial charge >= 0.3 is 6.18 Å². The predicted octanol–water partition coefficient (Wildman–Crippen LogP) is 5.43. The molecule has 0 radical (unpaired) electrons. The number of hydrogen-bond acceptors (Lipinski definition) is 5. The Balaban J connectivity index is 1.43. The zero-order valence-electron chi connectivity index (χ0n) is 19.5. The van der Waals surface area contributed by atoms with Gasteiger partial charge in [0.05, 0.1) is 15.6 Å². The summed E-state index contributed by atoms with van der Waals surface area (Å²) >= 11 is 12.1. The Bertz CT molecular complexity index is 1010. The van der Waals surface area contributed by atoms with Crippen LogP contribution in [0.2, 0.25) is 10.0 Å². The molecule has 0 saturated carbocycles. The smallest absolute Gasteiger partial charge is 0.416 e. The minimum absolute atomic E-state index is 0.0254. The molecule has 11 heteroatoms. The van der Waals surface area contributed by atoms with Crippen LogP contribution in [-0.2, 0) is 11.0 Å². The molecule has 0 spiro atoms. The third-order valence-corrected chi connectivity index (χ3v) is 6.38. The third kappa shape index (κ3) is 8.17. The molecule has 35 heavy (non-hydrogen) atoms. The molecule has 1 aliphatic rings. The minimum atomic E-state index is -4.52. The molecule has 2 aromatic carbocycles. The number of nitrogens with one attached hydrogen (secondary N) is 1. The standard InChI is InChI=1S/C24H28Cl2F3N3O3/c1-31(2)18-7-9-32(10-8-18)11-12-34-21-6-4-17(14-20(21)26)30-23(33)15-35-22-5-3-16(13-19(22)25)24(27,28)29/h3-6,13-14,18H,7-12,15H2,1-2H3,(H,30,33). The van der Waals surface area contributed by atoms with E-state index in [4.69, 9.17) is 32.7 Å². The molecule has 2 aromatic rings. The average Bonchev–Trinajstić information content (AvgIpc) is 2.79. The fourth-order valence-electron chi connectivity index (χ4n) is 3.77. The van der Waals surface area contributed by atoms with Gasteiger partial charge in [-0.3, -0.25) is 9.69 Å². The second-order valence-corrected chi connectivity index (χ2v) is 9.32. The Hall–Kier alpha value is -2.20. The van der Waals surface area contributed by atoms with Crippen molar-refractivity contribution in [2.24, 2.45) is 0 Å². The molecule has 0 bridgehead atoms. The summed E-state index contributed by atoms with van der Waals surface area (Å²) in [6.07, 6.45) is -2.24. The average molecular weight is 534 g/mol. The topological polar surface area (TPSA) is 54.0 Å².